The fourth-order valence-electron chi connectivity index (χ4n) is 3.34. The molecule has 1 heterocycles. The van der Waals surface area contributed by atoms with Crippen LogP contribution in [-0.4, -0.2) is 41.9 Å². The second-order valence-electron chi connectivity index (χ2n) is 7.41. The van der Waals surface area contributed by atoms with Crippen LogP contribution in [0.15, 0.2) is 28.0 Å². The fraction of sp³-hybridized carbons (Fsp3) is 0.450. The summed E-state index contributed by atoms with van der Waals surface area (Å²) in [7, 11) is 4.08. The molecular formula is C20H25F2N4O2S+. The quantitative estimate of drug-likeness (QED) is 0.520. The van der Waals surface area contributed by atoms with Crippen LogP contribution in [0.5, 0.6) is 0 Å². The van der Waals surface area contributed by atoms with Crippen molar-refractivity contribution in [2.45, 2.75) is 37.3 Å². The van der Waals surface area contributed by atoms with Gasteiger partial charge in [-0.25, -0.2) is 13.6 Å². The van der Waals surface area contributed by atoms with E-state index < -0.39 is 11.6 Å². The Morgan fingerprint density at radius 1 is 1.24 bits per heavy atom. The Kier molecular flexibility index (Phi) is 7.02. The molecule has 1 aliphatic rings. The number of thioether (sulfide) groups is 1. The van der Waals surface area contributed by atoms with E-state index in [1.807, 2.05) is 14.1 Å². The average Bonchev–Trinajstić information content (AvgIpc) is 2.68. The van der Waals surface area contributed by atoms with Crippen molar-refractivity contribution in [3.63, 3.8) is 0 Å². The van der Waals surface area contributed by atoms with Gasteiger partial charge in [-0.05, 0) is 37.8 Å². The molecule has 3 rings (SSSR count). The Hall–Kier alpha value is -2.26. The first-order valence-corrected chi connectivity index (χ1v) is 10.6. The van der Waals surface area contributed by atoms with Gasteiger partial charge in [-0.15, -0.1) is 0 Å². The summed E-state index contributed by atoms with van der Waals surface area (Å²) in [4.78, 5) is 30.3. The predicted octanol–water partition coefficient (Wildman–Crippen LogP) is 1.28. The van der Waals surface area contributed by atoms with E-state index in [2.05, 4.69) is 10.3 Å². The molecule has 0 aliphatic heterocycles. The summed E-state index contributed by atoms with van der Waals surface area (Å²) in [5, 5.41) is 3.13. The van der Waals surface area contributed by atoms with Gasteiger partial charge in [0.05, 0.1) is 32.9 Å². The molecule has 29 heavy (non-hydrogen) atoms. The summed E-state index contributed by atoms with van der Waals surface area (Å²) in [6, 6.07) is 3.20. The summed E-state index contributed by atoms with van der Waals surface area (Å²) >= 11 is 1.21. The lowest BCUT2D eigenvalue weighted by Crippen LogP contribution is -3.06. The minimum absolute atomic E-state index is 0.0315. The Balaban J connectivity index is 1.73. The summed E-state index contributed by atoms with van der Waals surface area (Å²) in [6.07, 6.45) is 3.74. The molecule has 0 spiro atoms. The number of likely N-dealkylation sites (N-methyl/N-ethyl adjacent to an activating group) is 1. The number of carbonyl (C=O) groups excluding carboxylic acids is 1. The van der Waals surface area contributed by atoms with Crippen molar-refractivity contribution in [2.75, 3.05) is 31.7 Å². The zero-order valence-electron chi connectivity index (χ0n) is 16.6. The zero-order chi connectivity index (χ0) is 21.0. The van der Waals surface area contributed by atoms with E-state index in [0.717, 1.165) is 55.6 Å². The number of benzene rings is 1. The molecule has 0 radical (unpaired) electrons. The van der Waals surface area contributed by atoms with E-state index in [1.54, 1.807) is 4.57 Å². The molecule has 6 nitrogen and oxygen atoms in total. The van der Waals surface area contributed by atoms with Crippen LogP contribution in [-0.2, 0) is 24.2 Å². The first-order chi connectivity index (χ1) is 13.8. The molecule has 0 fully saturated rings. The molecule has 156 valence electrons. The highest BCUT2D eigenvalue weighted by molar-refractivity contribution is 8.00. The zero-order valence-corrected chi connectivity index (χ0v) is 17.4. The van der Waals surface area contributed by atoms with Crippen LogP contribution < -0.4 is 15.9 Å². The third kappa shape index (κ3) is 5.42. The first-order valence-electron chi connectivity index (χ1n) is 9.64. The minimum atomic E-state index is -1.02. The summed E-state index contributed by atoms with van der Waals surface area (Å²) in [6.45, 7) is 1.45. The SMILES string of the molecule is C[NH+](C)CCn1c2c(c(SCC(=O)Nc3ccc(F)c(F)c3)nc1=O)CCCC2. The third-order valence-corrected chi connectivity index (χ3v) is 5.85. The summed E-state index contributed by atoms with van der Waals surface area (Å²) in [5.41, 5.74) is 1.98. The van der Waals surface area contributed by atoms with E-state index in [0.29, 0.717) is 11.6 Å². The third-order valence-electron chi connectivity index (χ3n) is 4.83. The second-order valence-corrected chi connectivity index (χ2v) is 8.37. The van der Waals surface area contributed by atoms with Crippen LogP contribution in [0.3, 0.4) is 0 Å². The molecule has 1 aliphatic carbocycles. The maximum atomic E-state index is 13.3. The summed E-state index contributed by atoms with van der Waals surface area (Å²) < 4.78 is 28.1. The van der Waals surface area contributed by atoms with Crippen LogP contribution in [0.4, 0.5) is 14.5 Å². The number of aromatic nitrogens is 2. The smallest absolute Gasteiger partial charge is 0.338 e. The van der Waals surface area contributed by atoms with Gasteiger partial charge in [-0.1, -0.05) is 11.8 Å². The molecule has 0 saturated carbocycles. The van der Waals surface area contributed by atoms with Crippen molar-refractivity contribution in [2.24, 2.45) is 0 Å². The molecule has 1 aromatic carbocycles. The number of anilines is 1. The van der Waals surface area contributed by atoms with Gasteiger partial charge in [0.25, 0.3) is 0 Å². The van der Waals surface area contributed by atoms with E-state index in [1.165, 1.54) is 22.7 Å². The van der Waals surface area contributed by atoms with Gasteiger partial charge in [-0.3, -0.25) is 9.36 Å². The van der Waals surface area contributed by atoms with E-state index in [9.17, 15) is 18.4 Å². The van der Waals surface area contributed by atoms with E-state index >= 15 is 0 Å². The number of quaternary nitrogens is 1. The number of amides is 1. The van der Waals surface area contributed by atoms with Crippen molar-refractivity contribution in [1.29, 1.82) is 0 Å². The molecule has 2 aromatic rings. The molecule has 1 aromatic heterocycles. The van der Waals surface area contributed by atoms with Gasteiger partial charge in [0.2, 0.25) is 5.91 Å². The van der Waals surface area contributed by atoms with Gasteiger partial charge in [-0.2, -0.15) is 4.98 Å². The molecular weight excluding hydrogens is 398 g/mol. The van der Waals surface area contributed by atoms with Gasteiger partial charge in [0, 0.05) is 23.0 Å². The number of hydrogen-bond acceptors (Lipinski definition) is 4. The number of nitrogens with zero attached hydrogens (tertiary/aromatic N) is 2. The van der Waals surface area contributed by atoms with Gasteiger partial charge >= 0.3 is 5.69 Å². The number of carbonyl (C=O) groups is 1. The largest absolute Gasteiger partial charge is 0.349 e. The normalized spacial score (nSPS) is 13.4. The highest BCUT2D eigenvalue weighted by atomic mass is 32.2. The molecule has 1 amide bonds. The molecule has 9 heteroatoms. The molecule has 0 bridgehead atoms. The average molecular weight is 424 g/mol. The number of fused-ring (bicyclic) bond motifs is 1. The topological polar surface area (TPSA) is 68.4 Å². The van der Waals surface area contributed by atoms with Gasteiger partial charge in [0.1, 0.15) is 5.03 Å². The number of halogens is 2. The maximum absolute atomic E-state index is 13.3. The fourth-order valence-corrected chi connectivity index (χ4v) is 4.21. The Bertz CT molecular complexity index is 962. The lowest BCUT2D eigenvalue weighted by Gasteiger charge is -2.23. The molecule has 2 N–H and O–H groups in total. The van der Waals surface area contributed by atoms with Gasteiger partial charge < -0.3 is 10.2 Å². The number of nitrogens with one attached hydrogen (secondary N) is 2. The Morgan fingerprint density at radius 3 is 2.72 bits per heavy atom. The number of hydrogen-bond donors (Lipinski definition) is 2. The van der Waals surface area contributed by atoms with Crippen LogP contribution in [0.1, 0.15) is 24.1 Å². The molecule has 0 unspecified atom stereocenters. The van der Waals surface area contributed by atoms with Crippen LogP contribution in [0, 0.1) is 11.6 Å². The highest BCUT2D eigenvalue weighted by Gasteiger charge is 2.21. The molecule has 0 atom stereocenters. The minimum Gasteiger partial charge on any atom is -0.338 e. The van der Waals surface area contributed by atoms with E-state index in [-0.39, 0.29) is 23.0 Å². The second kappa shape index (κ2) is 9.49. The maximum Gasteiger partial charge on any atom is 0.349 e. The lowest BCUT2D eigenvalue weighted by atomic mass is 9.97. The number of rotatable bonds is 7. The van der Waals surface area contributed by atoms with Crippen molar-refractivity contribution in [3.8, 4) is 0 Å². The van der Waals surface area contributed by atoms with Crippen LogP contribution >= 0.6 is 11.8 Å². The highest BCUT2D eigenvalue weighted by Crippen LogP contribution is 2.28. The summed E-state index contributed by atoms with van der Waals surface area (Å²) in [5.74, 6) is -2.32. The lowest BCUT2D eigenvalue weighted by molar-refractivity contribution is -0.859. The molecule has 0 saturated heterocycles. The van der Waals surface area contributed by atoms with Gasteiger partial charge in [0.15, 0.2) is 11.6 Å². The predicted molar refractivity (Wildman–Crippen MR) is 109 cm³/mol. The first kappa shape index (κ1) is 21.4. The van der Waals surface area contributed by atoms with Crippen molar-refractivity contribution in [3.05, 3.63) is 51.6 Å². The standard InChI is InChI=1S/C20H24F2N4O2S/c1-25(2)9-10-26-17-6-4-3-5-14(17)19(24-20(26)28)29-12-18(27)23-13-7-8-15(21)16(22)11-13/h7-8,11H,3-6,9-10,12H2,1-2H3,(H,23,27)/p+1. The van der Waals surface area contributed by atoms with Crippen molar-refractivity contribution in [1.82, 2.24) is 9.55 Å². The van der Waals surface area contributed by atoms with Crippen molar-refractivity contribution < 1.29 is 18.5 Å². The Labute approximate surface area is 172 Å². The monoisotopic (exact) mass is 423 g/mol. The van der Waals surface area contributed by atoms with Crippen LogP contribution in [0.2, 0.25) is 0 Å². The Morgan fingerprint density at radius 2 is 2.00 bits per heavy atom. The van der Waals surface area contributed by atoms with E-state index in [4.69, 9.17) is 0 Å². The van der Waals surface area contributed by atoms with Crippen LogP contribution in [0.25, 0.3) is 0 Å². The van der Waals surface area contributed by atoms with Crippen molar-refractivity contribution >= 4 is 23.4 Å².